The number of rotatable bonds is 5. The normalized spacial score (nSPS) is 14.5. The van der Waals surface area contributed by atoms with Crippen molar-refractivity contribution in [1.29, 1.82) is 0 Å². The average Bonchev–Trinajstić information content (AvgIpc) is 3.08. The zero-order valence-electron chi connectivity index (χ0n) is 13.7. The van der Waals surface area contributed by atoms with Crippen molar-refractivity contribution < 1.29 is 4.52 Å². The molecule has 0 aliphatic carbocycles. The number of aromatic nitrogens is 2. The van der Waals surface area contributed by atoms with Gasteiger partial charge in [0, 0.05) is 19.5 Å². The fraction of sp³-hybridized carbons (Fsp3) is 0.300. The van der Waals surface area contributed by atoms with Crippen LogP contribution in [0.25, 0.3) is 0 Å². The van der Waals surface area contributed by atoms with E-state index in [1.165, 1.54) is 16.7 Å². The molecule has 0 saturated heterocycles. The minimum Gasteiger partial charge on any atom is -0.338 e. The molecule has 1 aliphatic heterocycles. The molecule has 1 aliphatic rings. The number of nitrogens with zero attached hydrogens (tertiary/aromatic N) is 3. The lowest BCUT2D eigenvalue weighted by Crippen LogP contribution is -2.30. The van der Waals surface area contributed by atoms with Crippen molar-refractivity contribution in [2.45, 2.75) is 32.4 Å². The molecule has 0 spiro atoms. The summed E-state index contributed by atoms with van der Waals surface area (Å²) < 4.78 is 5.44. The molecule has 122 valence electrons. The number of hydrogen-bond donors (Lipinski definition) is 0. The van der Waals surface area contributed by atoms with Gasteiger partial charge < -0.3 is 4.52 Å². The Kier molecular flexibility index (Phi) is 4.38. The van der Waals surface area contributed by atoms with E-state index in [2.05, 4.69) is 63.6 Å². The summed E-state index contributed by atoms with van der Waals surface area (Å²) in [5, 5.41) is 4.13. The Labute approximate surface area is 142 Å². The average molecular weight is 319 g/mol. The lowest BCUT2D eigenvalue weighted by Gasteiger charge is -2.27. The van der Waals surface area contributed by atoms with Crippen LogP contribution < -0.4 is 0 Å². The molecule has 24 heavy (non-hydrogen) atoms. The van der Waals surface area contributed by atoms with Crippen LogP contribution in [0.15, 0.2) is 59.1 Å². The quantitative estimate of drug-likeness (QED) is 0.723. The summed E-state index contributed by atoms with van der Waals surface area (Å²) in [7, 11) is 0. The van der Waals surface area contributed by atoms with E-state index in [1.54, 1.807) is 0 Å². The van der Waals surface area contributed by atoms with E-state index < -0.39 is 0 Å². The molecular weight excluding hydrogens is 298 g/mol. The summed E-state index contributed by atoms with van der Waals surface area (Å²) in [6.45, 7) is 2.73. The SMILES string of the molecule is c1ccc(CCc2noc(CN3CCc4ccccc4C3)n2)cc1. The Hall–Kier alpha value is -2.46. The van der Waals surface area contributed by atoms with Crippen LogP contribution in [0.2, 0.25) is 0 Å². The third kappa shape index (κ3) is 3.54. The maximum atomic E-state index is 5.44. The molecule has 0 N–H and O–H groups in total. The van der Waals surface area contributed by atoms with Crippen LogP contribution in [-0.4, -0.2) is 21.6 Å². The third-order valence-electron chi connectivity index (χ3n) is 4.56. The molecule has 4 rings (SSSR count). The summed E-state index contributed by atoms with van der Waals surface area (Å²) in [6, 6.07) is 19.1. The van der Waals surface area contributed by atoms with Crippen molar-refractivity contribution in [3.8, 4) is 0 Å². The molecular formula is C20H21N3O. The largest absolute Gasteiger partial charge is 0.338 e. The summed E-state index contributed by atoms with van der Waals surface area (Å²) in [6.07, 6.45) is 2.85. The molecule has 4 heteroatoms. The number of benzene rings is 2. The first-order valence-electron chi connectivity index (χ1n) is 8.51. The highest BCUT2D eigenvalue weighted by atomic mass is 16.5. The number of aryl methyl sites for hydroxylation is 2. The second-order valence-electron chi connectivity index (χ2n) is 6.32. The van der Waals surface area contributed by atoms with Crippen molar-refractivity contribution in [1.82, 2.24) is 15.0 Å². The van der Waals surface area contributed by atoms with Crippen molar-refractivity contribution in [2.24, 2.45) is 0 Å². The van der Waals surface area contributed by atoms with E-state index in [0.29, 0.717) is 0 Å². The zero-order valence-corrected chi connectivity index (χ0v) is 13.7. The Morgan fingerprint density at radius 3 is 2.58 bits per heavy atom. The van der Waals surface area contributed by atoms with Crippen LogP contribution in [0.4, 0.5) is 0 Å². The first-order chi connectivity index (χ1) is 11.9. The van der Waals surface area contributed by atoms with Gasteiger partial charge in [-0.2, -0.15) is 4.98 Å². The molecule has 0 bridgehead atoms. The summed E-state index contributed by atoms with van der Waals surface area (Å²) in [4.78, 5) is 6.93. The minimum atomic E-state index is 0.720. The smallest absolute Gasteiger partial charge is 0.240 e. The maximum Gasteiger partial charge on any atom is 0.240 e. The molecule has 0 amide bonds. The molecule has 0 atom stereocenters. The number of hydrogen-bond acceptors (Lipinski definition) is 4. The molecule has 0 unspecified atom stereocenters. The fourth-order valence-corrected chi connectivity index (χ4v) is 3.24. The van der Waals surface area contributed by atoms with E-state index in [-0.39, 0.29) is 0 Å². The number of fused-ring (bicyclic) bond motifs is 1. The lowest BCUT2D eigenvalue weighted by atomic mass is 10.00. The van der Waals surface area contributed by atoms with Gasteiger partial charge in [-0.3, -0.25) is 4.90 Å². The van der Waals surface area contributed by atoms with Crippen LogP contribution >= 0.6 is 0 Å². The third-order valence-corrected chi connectivity index (χ3v) is 4.56. The standard InChI is InChI=1S/C20H21N3O/c1-2-6-16(7-3-1)10-11-19-21-20(24-22-19)15-23-13-12-17-8-4-5-9-18(17)14-23/h1-9H,10-15H2. The van der Waals surface area contributed by atoms with Gasteiger partial charge in [-0.1, -0.05) is 59.8 Å². The molecule has 2 aromatic carbocycles. The van der Waals surface area contributed by atoms with Gasteiger partial charge in [0.2, 0.25) is 5.89 Å². The molecule has 3 aromatic rings. The monoisotopic (exact) mass is 319 g/mol. The van der Waals surface area contributed by atoms with E-state index in [1.807, 2.05) is 6.07 Å². The topological polar surface area (TPSA) is 42.2 Å². The van der Waals surface area contributed by atoms with Crippen molar-refractivity contribution in [2.75, 3.05) is 6.54 Å². The first-order valence-corrected chi connectivity index (χ1v) is 8.51. The van der Waals surface area contributed by atoms with Gasteiger partial charge in [0.15, 0.2) is 5.82 Å². The van der Waals surface area contributed by atoms with E-state index in [9.17, 15) is 0 Å². The van der Waals surface area contributed by atoms with Crippen LogP contribution in [0, 0.1) is 0 Å². The van der Waals surface area contributed by atoms with E-state index >= 15 is 0 Å². The Morgan fingerprint density at radius 1 is 0.917 bits per heavy atom. The van der Waals surface area contributed by atoms with Crippen LogP contribution in [0.1, 0.15) is 28.4 Å². The van der Waals surface area contributed by atoms with Crippen LogP contribution in [0.3, 0.4) is 0 Å². The highest BCUT2D eigenvalue weighted by Gasteiger charge is 2.18. The second-order valence-corrected chi connectivity index (χ2v) is 6.32. The maximum absolute atomic E-state index is 5.44. The van der Waals surface area contributed by atoms with Crippen LogP contribution in [-0.2, 0) is 32.4 Å². The zero-order chi connectivity index (χ0) is 16.2. The molecule has 2 heterocycles. The minimum absolute atomic E-state index is 0.720. The van der Waals surface area contributed by atoms with Crippen LogP contribution in [0.5, 0.6) is 0 Å². The Bertz CT molecular complexity index is 797. The van der Waals surface area contributed by atoms with Crippen molar-refractivity contribution in [3.63, 3.8) is 0 Å². The van der Waals surface area contributed by atoms with Gasteiger partial charge >= 0.3 is 0 Å². The van der Waals surface area contributed by atoms with Crippen molar-refractivity contribution in [3.05, 3.63) is 83.0 Å². The predicted molar refractivity (Wildman–Crippen MR) is 92.4 cm³/mol. The molecule has 0 saturated carbocycles. The van der Waals surface area contributed by atoms with Gasteiger partial charge in [-0.05, 0) is 29.5 Å². The Balaban J connectivity index is 1.34. The van der Waals surface area contributed by atoms with Gasteiger partial charge in [-0.15, -0.1) is 0 Å². The summed E-state index contributed by atoms with van der Waals surface area (Å²) in [5.74, 6) is 1.52. The molecule has 4 nitrogen and oxygen atoms in total. The van der Waals surface area contributed by atoms with Crippen molar-refractivity contribution >= 4 is 0 Å². The molecule has 1 aromatic heterocycles. The fourth-order valence-electron chi connectivity index (χ4n) is 3.24. The second kappa shape index (κ2) is 6.97. The van der Waals surface area contributed by atoms with E-state index in [4.69, 9.17) is 4.52 Å². The molecule has 0 fully saturated rings. The van der Waals surface area contributed by atoms with E-state index in [0.717, 1.165) is 50.6 Å². The van der Waals surface area contributed by atoms with Gasteiger partial charge in [0.05, 0.1) is 6.54 Å². The van der Waals surface area contributed by atoms with Gasteiger partial charge in [0.1, 0.15) is 0 Å². The summed E-state index contributed by atoms with van der Waals surface area (Å²) >= 11 is 0. The summed E-state index contributed by atoms with van der Waals surface area (Å²) in [5.41, 5.74) is 4.17. The first kappa shape index (κ1) is 15.1. The highest BCUT2D eigenvalue weighted by molar-refractivity contribution is 5.29. The lowest BCUT2D eigenvalue weighted by molar-refractivity contribution is 0.210. The highest BCUT2D eigenvalue weighted by Crippen LogP contribution is 2.19. The predicted octanol–water partition coefficient (Wildman–Crippen LogP) is 3.41. The Morgan fingerprint density at radius 2 is 1.71 bits per heavy atom. The molecule has 0 radical (unpaired) electrons. The van der Waals surface area contributed by atoms with Gasteiger partial charge in [0.25, 0.3) is 0 Å². The van der Waals surface area contributed by atoms with Gasteiger partial charge in [-0.25, -0.2) is 0 Å².